The molecule has 0 radical (unpaired) electrons. The summed E-state index contributed by atoms with van der Waals surface area (Å²) >= 11 is 4.76. The van der Waals surface area contributed by atoms with Gasteiger partial charge >= 0.3 is 0 Å². The predicted octanol–water partition coefficient (Wildman–Crippen LogP) is 2.71. The zero-order valence-electron chi connectivity index (χ0n) is 22.0. The summed E-state index contributed by atoms with van der Waals surface area (Å²) < 4.78 is 11.4. The minimum atomic E-state index is -0.929. The third kappa shape index (κ3) is 5.57. The maximum atomic E-state index is 13.3. The number of nitrogens with zero attached hydrogens (tertiary/aromatic N) is 1. The molecule has 4 atom stereocenters. The monoisotopic (exact) mass is 539 g/mol. The Morgan fingerprint density at radius 2 is 2.13 bits per heavy atom. The largest absolute Gasteiger partial charge is 0.493 e. The lowest BCUT2D eigenvalue weighted by Gasteiger charge is -2.39. The number of ether oxygens (including phenoxy) is 2. The van der Waals surface area contributed by atoms with Crippen LogP contribution in [0.5, 0.6) is 5.75 Å². The number of hydrogen-bond acceptors (Lipinski definition) is 7. The summed E-state index contributed by atoms with van der Waals surface area (Å²) in [5.41, 5.74) is 4.34. The molecule has 0 spiro atoms. The molecule has 2 aromatic rings. The molecular formula is C29H37N3O5S. The summed E-state index contributed by atoms with van der Waals surface area (Å²) in [4.78, 5) is 27.5. The second-order valence-electron chi connectivity index (χ2n) is 10.7. The van der Waals surface area contributed by atoms with Crippen molar-refractivity contribution < 1.29 is 24.2 Å². The highest BCUT2D eigenvalue weighted by Crippen LogP contribution is 2.32. The number of carbonyl (C=O) groups is 2. The number of rotatable bonds is 7. The molecule has 0 aliphatic carbocycles. The lowest BCUT2D eigenvalue weighted by atomic mass is 9.91. The van der Waals surface area contributed by atoms with Crippen molar-refractivity contribution in [1.29, 1.82) is 0 Å². The molecule has 8 nitrogen and oxygen atoms in total. The van der Waals surface area contributed by atoms with Crippen molar-refractivity contribution in [2.75, 3.05) is 32.9 Å². The fourth-order valence-electron chi connectivity index (χ4n) is 5.76. The van der Waals surface area contributed by atoms with Crippen LogP contribution in [-0.2, 0) is 17.7 Å². The van der Waals surface area contributed by atoms with E-state index in [0.717, 1.165) is 31.6 Å². The van der Waals surface area contributed by atoms with Gasteiger partial charge in [-0.25, -0.2) is 0 Å². The smallest absolute Gasteiger partial charge is 0.255 e. The van der Waals surface area contributed by atoms with Crippen LogP contribution in [0.2, 0.25) is 0 Å². The molecular weight excluding hydrogens is 502 g/mol. The Bertz CT molecular complexity index is 1210. The van der Waals surface area contributed by atoms with Gasteiger partial charge in [0, 0.05) is 38.2 Å². The number of aliphatic hydroxyl groups is 1. The molecule has 3 N–H and O–H groups in total. The molecule has 3 aliphatic heterocycles. The number of aliphatic hydroxyl groups excluding tert-OH is 1. The van der Waals surface area contributed by atoms with E-state index in [0.29, 0.717) is 49.0 Å². The summed E-state index contributed by atoms with van der Waals surface area (Å²) in [6.45, 7) is 6.91. The van der Waals surface area contributed by atoms with Gasteiger partial charge < -0.3 is 24.8 Å². The normalized spacial score (nSPS) is 25.3. The molecule has 3 heterocycles. The third-order valence-electron chi connectivity index (χ3n) is 7.93. The third-order valence-corrected chi connectivity index (χ3v) is 8.54. The van der Waals surface area contributed by atoms with Gasteiger partial charge in [0.1, 0.15) is 5.75 Å². The van der Waals surface area contributed by atoms with E-state index in [1.165, 1.54) is 11.1 Å². The quantitative estimate of drug-likeness (QED) is 0.404. The van der Waals surface area contributed by atoms with E-state index in [9.17, 15) is 14.7 Å². The lowest BCUT2D eigenvalue weighted by molar-refractivity contribution is 0.0496. The van der Waals surface area contributed by atoms with Gasteiger partial charge in [0.2, 0.25) is 0 Å². The number of benzene rings is 2. The number of fused-ring (bicyclic) bond motifs is 3. The van der Waals surface area contributed by atoms with Crippen LogP contribution in [0.4, 0.5) is 0 Å². The van der Waals surface area contributed by atoms with E-state index in [-0.39, 0.29) is 24.4 Å². The van der Waals surface area contributed by atoms with E-state index in [1.54, 1.807) is 18.2 Å². The standard InChI is InChI=1S/C29H37N3O5S/c1-3-37-25-12-20(28(35)32-16-19-8-9-36-17-23(32)11-19)6-7-24(25)27(34)30-15-26(33)29(38)13-21-5-4-18(2)10-22(21)14-31-29/h4-7,10,12,19,23,26,31,33,38H,3,8-9,11,13-17H2,1-2H3,(H,30,34)/t19?,23?,26?,29-/m0/s1. The first-order valence-corrected chi connectivity index (χ1v) is 13.9. The Morgan fingerprint density at radius 1 is 1.29 bits per heavy atom. The zero-order valence-corrected chi connectivity index (χ0v) is 22.9. The van der Waals surface area contributed by atoms with E-state index >= 15 is 0 Å². The van der Waals surface area contributed by atoms with Crippen molar-refractivity contribution >= 4 is 24.4 Å². The Labute approximate surface area is 229 Å². The average Bonchev–Trinajstić information content (AvgIpc) is 3.16. The summed E-state index contributed by atoms with van der Waals surface area (Å²) in [6.07, 6.45) is 1.55. The van der Waals surface area contributed by atoms with Crippen LogP contribution in [0, 0.1) is 12.8 Å². The highest BCUT2D eigenvalue weighted by molar-refractivity contribution is 7.81. The maximum Gasteiger partial charge on any atom is 0.255 e. The molecule has 2 bridgehead atoms. The lowest BCUT2D eigenvalue weighted by Crippen LogP contribution is -2.57. The van der Waals surface area contributed by atoms with E-state index in [4.69, 9.17) is 22.1 Å². The number of carbonyl (C=O) groups excluding carboxylic acids is 2. The second kappa shape index (κ2) is 11.3. The minimum Gasteiger partial charge on any atom is -0.493 e. The van der Waals surface area contributed by atoms with Crippen molar-refractivity contribution in [3.8, 4) is 5.75 Å². The molecule has 3 unspecified atom stereocenters. The van der Waals surface area contributed by atoms with Crippen LogP contribution in [0.25, 0.3) is 0 Å². The van der Waals surface area contributed by atoms with Gasteiger partial charge in [0.15, 0.2) is 0 Å². The summed E-state index contributed by atoms with van der Waals surface area (Å²) in [5, 5.41) is 17.1. The fraction of sp³-hybridized carbons (Fsp3) is 0.517. The minimum absolute atomic E-state index is 0.0135. The van der Waals surface area contributed by atoms with E-state index in [1.807, 2.05) is 11.8 Å². The first-order chi connectivity index (χ1) is 18.3. The van der Waals surface area contributed by atoms with Crippen molar-refractivity contribution in [2.24, 2.45) is 5.92 Å². The highest BCUT2D eigenvalue weighted by atomic mass is 32.1. The van der Waals surface area contributed by atoms with E-state index < -0.39 is 11.0 Å². The number of likely N-dealkylation sites (tertiary alicyclic amines) is 1. The maximum absolute atomic E-state index is 13.3. The predicted molar refractivity (Wildman–Crippen MR) is 148 cm³/mol. The van der Waals surface area contributed by atoms with Gasteiger partial charge in [-0.3, -0.25) is 14.9 Å². The molecule has 2 fully saturated rings. The number of amides is 2. The molecule has 38 heavy (non-hydrogen) atoms. The van der Waals surface area contributed by atoms with Crippen LogP contribution < -0.4 is 15.4 Å². The first kappa shape index (κ1) is 27.0. The van der Waals surface area contributed by atoms with Crippen LogP contribution in [0.3, 0.4) is 0 Å². The summed E-state index contributed by atoms with van der Waals surface area (Å²) in [6, 6.07) is 11.3. The SMILES string of the molecule is CCOc1cc(C(=O)N2CC3CCOCC2C3)ccc1C(=O)NCC(O)[C@@]1(S)Cc2ccc(C)cc2CN1. The van der Waals surface area contributed by atoms with E-state index in [2.05, 4.69) is 35.8 Å². The Morgan fingerprint density at radius 3 is 2.95 bits per heavy atom. The van der Waals surface area contributed by atoms with Crippen LogP contribution in [-0.4, -0.2) is 71.7 Å². The number of aryl methyl sites for hydroxylation is 1. The fourth-order valence-corrected chi connectivity index (χ4v) is 6.11. The van der Waals surface area contributed by atoms with Crippen molar-refractivity contribution in [3.63, 3.8) is 0 Å². The first-order valence-electron chi connectivity index (χ1n) is 13.4. The van der Waals surface area contributed by atoms with Crippen molar-refractivity contribution in [3.05, 3.63) is 64.2 Å². The molecule has 0 aromatic heterocycles. The molecule has 2 saturated heterocycles. The van der Waals surface area contributed by atoms with Gasteiger partial charge in [0.25, 0.3) is 11.8 Å². The molecule has 2 aromatic carbocycles. The van der Waals surface area contributed by atoms with Gasteiger partial charge in [-0.1, -0.05) is 23.8 Å². The summed E-state index contributed by atoms with van der Waals surface area (Å²) in [7, 11) is 0. The van der Waals surface area contributed by atoms with Crippen molar-refractivity contribution in [1.82, 2.24) is 15.5 Å². The number of hydrogen-bond donors (Lipinski definition) is 4. The molecule has 204 valence electrons. The van der Waals surface area contributed by atoms with Gasteiger partial charge in [-0.05, 0) is 61.9 Å². The Balaban J connectivity index is 1.25. The molecule has 5 rings (SSSR count). The Hall–Kier alpha value is -2.59. The van der Waals surface area contributed by atoms with Gasteiger partial charge in [-0.2, -0.15) is 12.6 Å². The summed E-state index contributed by atoms with van der Waals surface area (Å²) in [5.74, 6) is 0.377. The Kier molecular flexibility index (Phi) is 8.00. The van der Waals surface area contributed by atoms with Crippen LogP contribution in [0.1, 0.15) is 57.2 Å². The highest BCUT2D eigenvalue weighted by Gasteiger charge is 2.39. The second-order valence-corrected chi connectivity index (χ2v) is 11.5. The molecule has 3 aliphatic rings. The number of thiol groups is 1. The molecule has 0 saturated carbocycles. The van der Waals surface area contributed by atoms with Crippen LogP contribution >= 0.6 is 12.6 Å². The average molecular weight is 540 g/mol. The van der Waals surface area contributed by atoms with Crippen LogP contribution in [0.15, 0.2) is 36.4 Å². The van der Waals surface area contributed by atoms with Gasteiger partial charge in [0.05, 0.1) is 35.8 Å². The molecule has 9 heteroatoms. The van der Waals surface area contributed by atoms with Gasteiger partial charge in [-0.15, -0.1) is 0 Å². The molecule has 2 amide bonds. The zero-order chi connectivity index (χ0) is 26.9. The topological polar surface area (TPSA) is 100 Å². The number of nitrogens with one attached hydrogen (secondary N) is 2. The van der Waals surface area contributed by atoms with Crippen molar-refractivity contribution in [2.45, 2.75) is 56.7 Å².